The van der Waals surface area contributed by atoms with Crippen LogP contribution in [0.15, 0.2) is 24.3 Å². The predicted molar refractivity (Wildman–Crippen MR) is 55.5 cm³/mol. The molecule has 0 saturated heterocycles. The maximum atomic E-state index is 11.2. The molecule has 1 heterocycles. The molecule has 3 nitrogen and oxygen atoms in total. The third kappa shape index (κ3) is 2.07. The van der Waals surface area contributed by atoms with Gasteiger partial charge < -0.3 is 9.31 Å². The molecule has 0 saturated carbocycles. The Bertz CT molecular complexity index is 325. The van der Waals surface area contributed by atoms with Crippen LogP contribution in [-0.2, 0) is 4.65 Å². The molecule has 0 atom stereocenters. The molecule has 0 unspecified atom stereocenters. The van der Waals surface area contributed by atoms with Gasteiger partial charge in [0, 0.05) is 0 Å². The van der Waals surface area contributed by atoms with Gasteiger partial charge in [0.1, 0.15) is 5.75 Å². The molecule has 0 N–H and O–H groups in total. The molecule has 2 rings (SSSR count). The van der Waals surface area contributed by atoms with Crippen LogP contribution in [0, 0.1) is 0 Å². The van der Waals surface area contributed by atoms with Gasteiger partial charge in [0.05, 0.1) is 5.56 Å². The van der Waals surface area contributed by atoms with Crippen molar-refractivity contribution in [1.29, 1.82) is 0 Å². The molecule has 1 aliphatic heterocycles. The number of hydrogen-bond donors (Lipinski definition) is 0. The first-order valence-corrected chi connectivity index (χ1v) is 4.74. The van der Waals surface area contributed by atoms with Crippen LogP contribution in [0.5, 0.6) is 5.75 Å². The Labute approximate surface area is 84.2 Å². The first-order chi connectivity index (χ1) is 6.77. The highest BCUT2D eigenvalue weighted by Gasteiger charge is 2.28. The van der Waals surface area contributed by atoms with Gasteiger partial charge in [-0.15, -0.1) is 0 Å². The molecule has 0 spiro atoms. The monoisotopic (exact) mass is 192 g/mol. The Morgan fingerprint density at radius 3 is 2.50 bits per heavy atom. The molecule has 0 aliphatic carbocycles. The Morgan fingerprint density at radius 1 is 1.14 bits per heavy atom. The highest BCUT2D eigenvalue weighted by Crippen LogP contribution is 2.23. The van der Waals surface area contributed by atoms with Crippen molar-refractivity contribution in [2.45, 2.75) is 20.7 Å². The minimum atomic E-state index is -0.479. The van der Waals surface area contributed by atoms with E-state index in [1.807, 2.05) is 19.9 Å². The zero-order valence-corrected chi connectivity index (χ0v) is 8.61. The van der Waals surface area contributed by atoms with Crippen molar-refractivity contribution in [2.24, 2.45) is 0 Å². The zero-order valence-electron chi connectivity index (χ0n) is 8.61. The summed E-state index contributed by atoms with van der Waals surface area (Å²) < 4.78 is 10.1. The van der Waals surface area contributed by atoms with Crippen molar-refractivity contribution in [3.63, 3.8) is 0 Å². The van der Waals surface area contributed by atoms with Crippen LogP contribution in [-0.4, -0.2) is 13.1 Å². The van der Waals surface area contributed by atoms with Crippen LogP contribution < -0.4 is 4.65 Å². The Morgan fingerprint density at radius 2 is 1.79 bits per heavy atom. The Kier molecular flexibility index (Phi) is 3.57. The summed E-state index contributed by atoms with van der Waals surface area (Å²) in [6.07, 6.45) is 0. The van der Waals surface area contributed by atoms with Gasteiger partial charge in [-0.1, -0.05) is 26.0 Å². The quantitative estimate of drug-likeness (QED) is 0.592. The van der Waals surface area contributed by atoms with Crippen LogP contribution in [0.3, 0.4) is 0 Å². The van der Waals surface area contributed by atoms with Crippen molar-refractivity contribution in [1.82, 2.24) is 0 Å². The van der Waals surface area contributed by atoms with E-state index in [-0.39, 0.29) is 5.97 Å². The van der Waals surface area contributed by atoms with Gasteiger partial charge in [0.2, 0.25) is 0 Å². The second-order valence-electron chi connectivity index (χ2n) is 2.59. The summed E-state index contributed by atoms with van der Waals surface area (Å²) in [4.78, 5) is 11.2. The maximum absolute atomic E-state index is 11.2. The summed E-state index contributed by atoms with van der Waals surface area (Å²) in [5.41, 5.74) is 0.496. The normalized spacial score (nSPS) is 13.1. The molecule has 0 amide bonds. The molecule has 0 radical (unpaired) electrons. The smallest absolute Gasteiger partial charge is 0.525 e. The highest BCUT2D eigenvalue weighted by molar-refractivity contribution is 6.47. The molecule has 4 heteroatoms. The van der Waals surface area contributed by atoms with E-state index < -0.39 is 7.12 Å². The molecule has 74 valence electrons. The molecular formula is C10H13BO3. The molecule has 14 heavy (non-hydrogen) atoms. The van der Waals surface area contributed by atoms with Gasteiger partial charge in [0.25, 0.3) is 0 Å². The number of para-hydroxylation sites is 1. The average Bonchev–Trinajstić information content (AvgIpc) is 2.20. The van der Waals surface area contributed by atoms with E-state index in [0.717, 1.165) is 0 Å². The lowest BCUT2D eigenvalue weighted by Crippen LogP contribution is -2.31. The molecule has 1 aromatic rings. The summed E-state index contributed by atoms with van der Waals surface area (Å²) in [5, 5.41) is 0. The van der Waals surface area contributed by atoms with Crippen LogP contribution in [0.4, 0.5) is 0 Å². The Hall–Kier alpha value is -1.45. The van der Waals surface area contributed by atoms with E-state index in [4.69, 9.17) is 9.31 Å². The van der Waals surface area contributed by atoms with Gasteiger partial charge in [-0.2, -0.15) is 0 Å². The van der Waals surface area contributed by atoms with Crippen LogP contribution >= 0.6 is 0 Å². The fourth-order valence-corrected chi connectivity index (χ4v) is 1.16. The number of carbonyl (C=O) groups is 1. The van der Waals surface area contributed by atoms with Crippen molar-refractivity contribution < 1.29 is 14.1 Å². The second kappa shape index (κ2) is 4.70. The van der Waals surface area contributed by atoms with Gasteiger partial charge in [0.15, 0.2) is 0 Å². The molecule has 0 bridgehead atoms. The van der Waals surface area contributed by atoms with E-state index in [1.165, 1.54) is 0 Å². The minimum Gasteiger partial charge on any atom is -0.525 e. The lowest BCUT2D eigenvalue weighted by atomic mass is 9.92. The summed E-state index contributed by atoms with van der Waals surface area (Å²) in [6.45, 7) is 5.69. The third-order valence-corrected chi connectivity index (χ3v) is 1.67. The maximum Gasteiger partial charge on any atom is 0.593 e. The number of carbonyl (C=O) groups excluding carboxylic acids is 1. The average molecular weight is 192 g/mol. The highest BCUT2D eigenvalue weighted by atomic mass is 16.6. The van der Waals surface area contributed by atoms with E-state index in [1.54, 1.807) is 25.0 Å². The molecule has 0 fully saturated rings. The van der Waals surface area contributed by atoms with Crippen LogP contribution in [0.2, 0.25) is 6.82 Å². The van der Waals surface area contributed by atoms with Gasteiger partial charge >= 0.3 is 13.1 Å². The van der Waals surface area contributed by atoms with E-state index in [0.29, 0.717) is 11.3 Å². The van der Waals surface area contributed by atoms with Crippen molar-refractivity contribution in [2.75, 3.05) is 0 Å². The van der Waals surface area contributed by atoms with Crippen molar-refractivity contribution in [3.8, 4) is 5.75 Å². The Balaban J connectivity index is 0.000000461. The summed E-state index contributed by atoms with van der Waals surface area (Å²) in [6, 6.07) is 7.04. The molecule has 1 aliphatic rings. The molecule has 0 aromatic heterocycles. The van der Waals surface area contributed by atoms with Crippen LogP contribution in [0.25, 0.3) is 0 Å². The van der Waals surface area contributed by atoms with Gasteiger partial charge in [-0.05, 0) is 19.0 Å². The largest absolute Gasteiger partial charge is 0.593 e. The fraction of sp³-hybridized carbons (Fsp3) is 0.300. The SMILES string of the molecule is CB1OC(=O)c2ccccc2O1.CC. The minimum absolute atomic E-state index is 0.315. The first kappa shape index (κ1) is 10.6. The number of rotatable bonds is 0. The third-order valence-electron chi connectivity index (χ3n) is 1.67. The molecular weight excluding hydrogens is 179 g/mol. The lowest BCUT2D eigenvalue weighted by molar-refractivity contribution is 0.0683. The van der Waals surface area contributed by atoms with Crippen molar-refractivity contribution in [3.05, 3.63) is 29.8 Å². The van der Waals surface area contributed by atoms with E-state index in [2.05, 4.69) is 0 Å². The fourth-order valence-electron chi connectivity index (χ4n) is 1.16. The number of fused-ring (bicyclic) bond motifs is 1. The first-order valence-electron chi connectivity index (χ1n) is 4.74. The summed E-state index contributed by atoms with van der Waals surface area (Å²) in [5.74, 6) is 0.283. The molecule has 1 aromatic carbocycles. The van der Waals surface area contributed by atoms with E-state index >= 15 is 0 Å². The summed E-state index contributed by atoms with van der Waals surface area (Å²) in [7, 11) is -0.479. The number of benzene rings is 1. The number of hydrogen-bond acceptors (Lipinski definition) is 3. The topological polar surface area (TPSA) is 35.5 Å². The van der Waals surface area contributed by atoms with Crippen LogP contribution in [0.1, 0.15) is 24.2 Å². The second-order valence-corrected chi connectivity index (χ2v) is 2.59. The van der Waals surface area contributed by atoms with E-state index in [9.17, 15) is 4.79 Å². The predicted octanol–water partition coefficient (Wildman–Crippen LogP) is 2.38. The standard InChI is InChI=1S/C8H7BO3.C2H6/c1-9-11-7-5-3-2-4-6(7)8(10)12-9;1-2/h2-5H,1H3;1-2H3. The zero-order chi connectivity index (χ0) is 10.6. The lowest BCUT2D eigenvalue weighted by Gasteiger charge is -2.19. The van der Waals surface area contributed by atoms with Gasteiger partial charge in [-0.25, -0.2) is 4.79 Å². The van der Waals surface area contributed by atoms with Gasteiger partial charge in [-0.3, -0.25) is 0 Å². The summed E-state index contributed by atoms with van der Waals surface area (Å²) >= 11 is 0. The van der Waals surface area contributed by atoms with Crippen molar-refractivity contribution >= 4 is 13.1 Å².